The number of benzene rings is 1. The van der Waals surface area contributed by atoms with Gasteiger partial charge in [-0.1, -0.05) is 43.7 Å². The van der Waals surface area contributed by atoms with Gasteiger partial charge in [0.25, 0.3) is 5.65 Å². The first-order valence-electron chi connectivity index (χ1n) is 7.34. The summed E-state index contributed by atoms with van der Waals surface area (Å²) < 4.78 is 2.06. The van der Waals surface area contributed by atoms with Crippen molar-refractivity contribution in [2.75, 3.05) is 5.73 Å². The highest BCUT2D eigenvalue weighted by Crippen LogP contribution is 2.14. The van der Waals surface area contributed by atoms with E-state index < -0.39 is 0 Å². The van der Waals surface area contributed by atoms with Gasteiger partial charge in [0.1, 0.15) is 12.4 Å². The second kappa shape index (κ2) is 5.91. The molecule has 2 heterocycles. The van der Waals surface area contributed by atoms with Crippen molar-refractivity contribution in [2.45, 2.75) is 32.7 Å². The number of hydrogen-bond donors (Lipinski definition) is 2. The quantitative estimate of drug-likeness (QED) is 0.705. The van der Waals surface area contributed by atoms with Crippen molar-refractivity contribution >= 4 is 17.0 Å². The van der Waals surface area contributed by atoms with Crippen molar-refractivity contribution in [3.8, 4) is 0 Å². The number of aromatic nitrogens is 4. The summed E-state index contributed by atoms with van der Waals surface area (Å²) >= 11 is 0. The van der Waals surface area contributed by atoms with Crippen LogP contribution in [0.4, 0.5) is 5.82 Å². The van der Waals surface area contributed by atoms with Crippen LogP contribution in [-0.2, 0) is 13.0 Å². The molecule has 5 nitrogen and oxygen atoms in total. The van der Waals surface area contributed by atoms with Gasteiger partial charge in [-0.15, -0.1) is 0 Å². The molecule has 0 bridgehead atoms. The molecule has 1 aromatic carbocycles. The number of nitrogens with one attached hydrogen (secondary N) is 1. The molecule has 21 heavy (non-hydrogen) atoms. The van der Waals surface area contributed by atoms with Crippen LogP contribution in [-0.4, -0.2) is 15.0 Å². The predicted molar refractivity (Wildman–Crippen MR) is 82.7 cm³/mol. The number of H-pyrrole nitrogens is 1. The molecule has 3 rings (SSSR count). The van der Waals surface area contributed by atoms with Gasteiger partial charge in [0.2, 0.25) is 11.8 Å². The molecule has 0 amide bonds. The van der Waals surface area contributed by atoms with E-state index >= 15 is 0 Å². The molecule has 108 valence electrons. The summed E-state index contributed by atoms with van der Waals surface area (Å²) in [7, 11) is 0. The molecular formula is C16H20N5+. The maximum atomic E-state index is 6.14. The minimum atomic E-state index is 0.545. The molecule has 0 aliphatic carbocycles. The summed E-state index contributed by atoms with van der Waals surface area (Å²) in [5, 5.41) is 0. The van der Waals surface area contributed by atoms with Crippen molar-refractivity contribution in [3.05, 3.63) is 48.0 Å². The van der Waals surface area contributed by atoms with E-state index in [1.165, 1.54) is 5.56 Å². The van der Waals surface area contributed by atoms with Gasteiger partial charge in [-0.3, -0.25) is 0 Å². The highest BCUT2D eigenvalue weighted by atomic mass is 15.1. The number of nitrogens with two attached hydrogens (primary N) is 1. The van der Waals surface area contributed by atoms with Gasteiger partial charge in [-0.25, -0.2) is 14.5 Å². The molecule has 0 saturated carbocycles. The number of nitrogens with zero attached hydrogens (tertiary/aromatic N) is 3. The number of hydrogen-bond acceptors (Lipinski definition) is 3. The lowest BCUT2D eigenvalue weighted by atomic mass is 10.2. The van der Waals surface area contributed by atoms with Gasteiger partial charge in [-0.05, 0) is 12.0 Å². The van der Waals surface area contributed by atoms with Crippen LogP contribution in [0.25, 0.3) is 11.2 Å². The van der Waals surface area contributed by atoms with E-state index in [9.17, 15) is 0 Å². The van der Waals surface area contributed by atoms with E-state index in [1.807, 2.05) is 24.5 Å². The maximum absolute atomic E-state index is 6.14. The first kappa shape index (κ1) is 13.5. The zero-order chi connectivity index (χ0) is 14.7. The van der Waals surface area contributed by atoms with E-state index in [0.29, 0.717) is 5.82 Å². The Morgan fingerprint density at radius 3 is 2.76 bits per heavy atom. The summed E-state index contributed by atoms with van der Waals surface area (Å²) in [5.41, 5.74) is 9.04. The lowest BCUT2D eigenvalue weighted by Crippen LogP contribution is -2.33. The van der Waals surface area contributed by atoms with Gasteiger partial charge in [0.15, 0.2) is 5.82 Å². The second-order valence-electron chi connectivity index (χ2n) is 5.21. The van der Waals surface area contributed by atoms with Gasteiger partial charge in [0.05, 0.1) is 0 Å². The van der Waals surface area contributed by atoms with E-state index in [2.05, 4.69) is 38.6 Å². The number of nitrogen functional groups attached to an aromatic ring is 1. The van der Waals surface area contributed by atoms with Crippen LogP contribution in [0.5, 0.6) is 0 Å². The monoisotopic (exact) mass is 282 g/mol. The van der Waals surface area contributed by atoms with E-state index in [4.69, 9.17) is 5.73 Å². The smallest absolute Gasteiger partial charge is 0.271 e. The molecule has 0 aliphatic rings. The number of rotatable bonds is 5. The van der Waals surface area contributed by atoms with Crippen LogP contribution in [0.15, 0.2) is 36.7 Å². The summed E-state index contributed by atoms with van der Waals surface area (Å²) in [6.45, 7) is 2.91. The Kier molecular flexibility index (Phi) is 3.81. The van der Waals surface area contributed by atoms with Gasteiger partial charge >= 0.3 is 0 Å². The summed E-state index contributed by atoms with van der Waals surface area (Å²) in [4.78, 5) is 12.2. The van der Waals surface area contributed by atoms with Crippen LogP contribution in [0.1, 0.15) is 31.2 Å². The number of anilines is 1. The normalized spacial score (nSPS) is 11.1. The van der Waals surface area contributed by atoms with Gasteiger partial charge in [0, 0.05) is 6.42 Å². The minimum absolute atomic E-state index is 0.545. The van der Waals surface area contributed by atoms with Crippen LogP contribution in [0.2, 0.25) is 0 Å². The Morgan fingerprint density at radius 1 is 1.19 bits per heavy atom. The molecule has 3 N–H and O–H groups in total. The van der Waals surface area contributed by atoms with Crippen LogP contribution in [0.3, 0.4) is 0 Å². The van der Waals surface area contributed by atoms with Crippen molar-refractivity contribution in [3.63, 3.8) is 0 Å². The molecule has 0 saturated heterocycles. The number of aryl methyl sites for hydroxylation is 1. The summed E-state index contributed by atoms with van der Waals surface area (Å²) in [5.74, 6) is 1.36. The third kappa shape index (κ3) is 2.86. The van der Waals surface area contributed by atoms with Crippen molar-refractivity contribution in [2.24, 2.45) is 0 Å². The maximum Gasteiger partial charge on any atom is 0.271 e. The van der Waals surface area contributed by atoms with Gasteiger partial charge in [-0.2, -0.15) is 4.98 Å². The fourth-order valence-corrected chi connectivity index (χ4v) is 2.46. The minimum Gasteiger partial charge on any atom is -0.380 e. The molecule has 3 aromatic rings. The van der Waals surface area contributed by atoms with Gasteiger partial charge < -0.3 is 5.73 Å². The Hall–Kier alpha value is -2.43. The number of fused-ring (bicyclic) bond motifs is 1. The Bertz CT molecular complexity index is 733. The largest absolute Gasteiger partial charge is 0.380 e. The fraction of sp³-hybridized carbons (Fsp3) is 0.312. The number of unbranched alkanes of at least 4 members (excludes halogenated alkanes) is 1. The summed E-state index contributed by atoms with van der Waals surface area (Å²) in [6, 6.07) is 10.3. The molecule has 2 aromatic heterocycles. The van der Waals surface area contributed by atoms with Crippen LogP contribution < -0.4 is 10.3 Å². The molecule has 0 radical (unpaired) electrons. The molecule has 5 heteroatoms. The number of aromatic amines is 1. The van der Waals surface area contributed by atoms with Crippen molar-refractivity contribution < 1.29 is 4.57 Å². The Morgan fingerprint density at radius 2 is 2.00 bits per heavy atom. The summed E-state index contributed by atoms with van der Waals surface area (Å²) in [6.07, 6.45) is 4.98. The third-order valence-corrected chi connectivity index (χ3v) is 3.55. The molecular weight excluding hydrogens is 262 g/mol. The fourth-order valence-electron chi connectivity index (χ4n) is 2.46. The molecule has 0 aliphatic heterocycles. The Balaban J connectivity index is 1.94. The first-order valence-corrected chi connectivity index (χ1v) is 7.34. The lowest BCUT2D eigenvalue weighted by molar-refractivity contribution is -0.661. The van der Waals surface area contributed by atoms with E-state index in [1.54, 1.807) is 0 Å². The first-order chi connectivity index (χ1) is 10.3. The van der Waals surface area contributed by atoms with Crippen LogP contribution >= 0.6 is 0 Å². The molecule has 0 atom stereocenters. The topological polar surface area (TPSA) is 71.5 Å². The molecule has 0 spiro atoms. The van der Waals surface area contributed by atoms with Crippen LogP contribution in [0, 0.1) is 0 Å². The molecule has 0 unspecified atom stereocenters. The Labute approximate surface area is 123 Å². The van der Waals surface area contributed by atoms with E-state index in [-0.39, 0.29) is 0 Å². The average molecular weight is 282 g/mol. The van der Waals surface area contributed by atoms with Crippen molar-refractivity contribution in [1.29, 1.82) is 0 Å². The zero-order valence-electron chi connectivity index (χ0n) is 12.2. The van der Waals surface area contributed by atoms with Crippen molar-refractivity contribution in [1.82, 2.24) is 15.0 Å². The second-order valence-corrected chi connectivity index (χ2v) is 5.21. The van der Waals surface area contributed by atoms with E-state index in [0.717, 1.165) is 42.8 Å². The highest BCUT2D eigenvalue weighted by molar-refractivity contribution is 5.77. The lowest BCUT2D eigenvalue weighted by Gasteiger charge is -2.02. The molecule has 0 fully saturated rings. The number of imidazole rings is 1. The zero-order valence-corrected chi connectivity index (χ0v) is 12.2. The highest BCUT2D eigenvalue weighted by Gasteiger charge is 2.17. The average Bonchev–Trinajstić information content (AvgIpc) is 2.90. The SMILES string of the molecule is CCCCc1nc(N)c2c(n1)[nH]c[n+]2Cc1ccccc1. The predicted octanol–water partition coefficient (Wildman–Crippen LogP) is 2.22. The standard InChI is InChI=1S/C16H19N5/c1-2-3-9-13-19-15(17)14-16(20-13)18-11-21(14)10-12-7-5-4-6-8-12/h4-8,11H,2-3,9-10H2,1H3,(H2,17,19,20)/p+1. The third-order valence-electron chi connectivity index (χ3n) is 3.55.